The van der Waals surface area contributed by atoms with E-state index in [2.05, 4.69) is 4.72 Å². The van der Waals surface area contributed by atoms with Crippen LogP contribution in [-0.2, 0) is 14.8 Å². The van der Waals surface area contributed by atoms with E-state index in [1.165, 1.54) is 31.2 Å². The van der Waals surface area contributed by atoms with Crippen molar-refractivity contribution in [3.63, 3.8) is 0 Å². The molecule has 0 bridgehead atoms. The van der Waals surface area contributed by atoms with Gasteiger partial charge in [0.05, 0.1) is 6.26 Å². The van der Waals surface area contributed by atoms with Gasteiger partial charge in [0, 0.05) is 11.3 Å². The van der Waals surface area contributed by atoms with Crippen LogP contribution < -0.4 is 9.46 Å². The number of hydrogen-bond acceptors (Lipinski definition) is 6. The van der Waals surface area contributed by atoms with Crippen molar-refractivity contribution in [2.45, 2.75) is 13.0 Å². The first-order chi connectivity index (χ1) is 14.7. The number of nitrogens with one attached hydrogen (secondary N) is 1. The highest BCUT2D eigenvalue weighted by Gasteiger charge is 2.22. The molecule has 0 fully saturated rings. The van der Waals surface area contributed by atoms with Gasteiger partial charge in [-0.25, -0.2) is 13.2 Å². The third-order valence-corrected chi connectivity index (χ3v) is 4.81. The van der Waals surface area contributed by atoms with Crippen LogP contribution in [0.1, 0.15) is 27.6 Å². The molecule has 31 heavy (non-hydrogen) atoms. The molecule has 1 N–H and O–H groups in total. The number of benzene rings is 3. The van der Waals surface area contributed by atoms with E-state index in [4.69, 9.17) is 9.47 Å². The predicted molar refractivity (Wildman–Crippen MR) is 117 cm³/mol. The van der Waals surface area contributed by atoms with E-state index in [1.807, 2.05) is 18.2 Å². The van der Waals surface area contributed by atoms with E-state index in [-0.39, 0.29) is 11.1 Å². The molecule has 3 aromatic carbocycles. The van der Waals surface area contributed by atoms with Gasteiger partial charge in [-0.05, 0) is 55.5 Å². The largest absolute Gasteiger partial charge is 0.456 e. The minimum atomic E-state index is -3.42. The highest BCUT2D eigenvalue weighted by molar-refractivity contribution is 7.92. The number of carbonyl (C=O) groups excluding carboxylic acids is 2. The summed E-state index contributed by atoms with van der Waals surface area (Å²) in [5.74, 6) is -0.229. The predicted octanol–water partition coefficient (Wildman–Crippen LogP) is 4.28. The SMILES string of the molecule is CC(OC(=O)c1ccccc1Oc1ccccc1)C(=O)c1ccc(NS(C)(=O)=O)cc1. The summed E-state index contributed by atoms with van der Waals surface area (Å²) in [5.41, 5.74) is 0.808. The second-order valence-corrected chi connectivity index (χ2v) is 8.52. The number of anilines is 1. The van der Waals surface area contributed by atoms with Gasteiger partial charge in [0.2, 0.25) is 15.8 Å². The standard InChI is InChI=1S/C23H21NO6S/c1-16(22(25)17-12-14-18(15-13-17)24-31(2,27)28)29-23(26)20-10-6-7-11-21(20)30-19-8-4-3-5-9-19/h3-16,24H,1-2H3. The molecule has 0 amide bonds. The van der Waals surface area contributed by atoms with Crippen molar-refractivity contribution in [3.05, 3.63) is 90.0 Å². The fraction of sp³-hybridized carbons (Fsp3) is 0.130. The van der Waals surface area contributed by atoms with Crippen molar-refractivity contribution in [2.75, 3.05) is 11.0 Å². The number of esters is 1. The molecule has 0 aliphatic heterocycles. The minimum Gasteiger partial charge on any atom is -0.456 e. The van der Waals surface area contributed by atoms with Gasteiger partial charge in [0.25, 0.3) is 0 Å². The number of hydrogen-bond donors (Lipinski definition) is 1. The molecular formula is C23H21NO6S. The van der Waals surface area contributed by atoms with Crippen molar-refractivity contribution in [1.29, 1.82) is 0 Å². The van der Waals surface area contributed by atoms with E-state index in [1.54, 1.807) is 36.4 Å². The van der Waals surface area contributed by atoms with Crippen LogP contribution in [0.5, 0.6) is 11.5 Å². The lowest BCUT2D eigenvalue weighted by molar-refractivity contribution is 0.0316. The summed E-state index contributed by atoms with van der Waals surface area (Å²) in [7, 11) is -3.42. The zero-order valence-electron chi connectivity index (χ0n) is 16.9. The van der Waals surface area contributed by atoms with Gasteiger partial charge >= 0.3 is 5.97 Å². The van der Waals surface area contributed by atoms with Crippen LogP contribution in [0.25, 0.3) is 0 Å². The Bertz CT molecular complexity index is 1170. The molecule has 3 aromatic rings. The summed E-state index contributed by atoms with van der Waals surface area (Å²) in [6.45, 7) is 1.48. The van der Waals surface area contributed by atoms with Gasteiger partial charge in [0.15, 0.2) is 6.10 Å². The molecule has 0 heterocycles. The van der Waals surface area contributed by atoms with Crippen LogP contribution in [0.2, 0.25) is 0 Å². The van der Waals surface area contributed by atoms with Gasteiger partial charge in [0.1, 0.15) is 17.1 Å². The molecule has 1 unspecified atom stereocenters. The lowest BCUT2D eigenvalue weighted by Gasteiger charge is -2.15. The summed E-state index contributed by atoms with van der Waals surface area (Å²) in [5, 5.41) is 0. The zero-order chi connectivity index (χ0) is 22.4. The number of ketones is 1. The first kappa shape index (κ1) is 22.0. The summed E-state index contributed by atoms with van der Waals surface area (Å²) in [4.78, 5) is 25.3. The molecule has 0 saturated carbocycles. The minimum absolute atomic E-state index is 0.193. The highest BCUT2D eigenvalue weighted by atomic mass is 32.2. The second kappa shape index (κ2) is 9.44. The normalized spacial score (nSPS) is 11.9. The van der Waals surface area contributed by atoms with E-state index < -0.39 is 27.9 Å². The van der Waals surface area contributed by atoms with Gasteiger partial charge in [-0.3, -0.25) is 9.52 Å². The summed E-state index contributed by atoms with van der Waals surface area (Å²) in [6.07, 6.45) is -0.0153. The second-order valence-electron chi connectivity index (χ2n) is 6.77. The first-order valence-electron chi connectivity index (χ1n) is 9.38. The third-order valence-electron chi connectivity index (χ3n) is 4.20. The highest BCUT2D eigenvalue weighted by Crippen LogP contribution is 2.26. The van der Waals surface area contributed by atoms with E-state index in [0.29, 0.717) is 17.2 Å². The van der Waals surface area contributed by atoms with Gasteiger partial charge < -0.3 is 9.47 Å². The maximum Gasteiger partial charge on any atom is 0.342 e. The monoisotopic (exact) mass is 439 g/mol. The maximum absolute atomic E-state index is 12.7. The Labute approximate surface area is 180 Å². The fourth-order valence-electron chi connectivity index (χ4n) is 2.77. The van der Waals surface area contributed by atoms with Crippen molar-refractivity contribution < 1.29 is 27.5 Å². The van der Waals surface area contributed by atoms with Crippen LogP contribution >= 0.6 is 0 Å². The van der Waals surface area contributed by atoms with Crippen molar-refractivity contribution in [3.8, 4) is 11.5 Å². The van der Waals surface area contributed by atoms with Crippen LogP contribution in [0, 0.1) is 0 Å². The van der Waals surface area contributed by atoms with Crippen molar-refractivity contribution in [1.82, 2.24) is 0 Å². The van der Waals surface area contributed by atoms with Crippen molar-refractivity contribution in [2.24, 2.45) is 0 Å². The number of carbonyl (C=O) groups is 2. The molecule has 0 spiro atoms. The smallest absolute Gasteiger partial charge is 0.342 e. The topological polar surface area (TPSA) is 98.8 Å². The summed E-state index contributed by atoms with van der Waals surface area (Å²) >= 11 is 0. The maximum atomic E-state index is 12.7. The Morgan fingerprint density at radius 2 is 1.48 bits per heavy atom. The molecule has 0 saturated heterocycles. The molecule has 8 heteroatoms. The van der Waals surface area contributed by atoms with Crippen molar-refractivity contribution >= 4 is 27.5 Å². The lowest BCUT2D eigenvalue weighted by Crippen LogP contribution is -2.24. The molecule has 3 rings (SSSR count). The number of para-hydroxylation sites is 2. The lowest BCUT2D eigenvalue weighted by atomic mass is 10.1. The molecule has 0 aliphatic rings. The molecule has 160 valence electrons. The Hall–Kier alpha value is -3.65. The average molecular weight is 439 g/mol. The van der Waals surface area contributed by atoms with E-state index in [9.17, 15) is 18.0 Å². The number of Topliss-reactive ketones (excluding diaryl/α,β-unsaturated/α-hetero) is 1. The van der Waals surface area contributed by atoms with E-state index >= 15 is 0 Å². The quantitative estimate of drug-likeness (QED) is 0.416. The van der Waals surface area contributed by atoms with Crippen LogP contribution in [0.3, 0.4) is 0 Å². The van der Waals surface area contributed by atoms with Gasteiger partial charge in [-0.15, -0.1) is 0 Å². The zero-order valence-corrected chi connectivity index (χ0v) is 17.8. The fourth-order valence-corrected chi connectivity index (χ4v) is 3.33. The Morgan fingerprint density at radius 1 is 0.871 bits per heavy atom. The molecule has 0 aliphatic carbocycles. The van der Waals surface area contributed by atoms with Gasteiger partial charge in [-0.2, -0.15) is 0 Å². The Kier molecular flexibility index (Phi) is 6.71. The molecule has 1 atom stereocenters. The molecule has 0 radical (unpaired) electrons. The Morgan fingerprint density at radius 3 is 2.13 bits per heavy atom. The van der Waals surface area contributed by atoms with E-state index in [0.717, 1.165) is 6.26 Å². The first-order valence-corrected chi connectivity index (χ1v) is 11.3. The average Bonchev–Trinajstić information content (AvgIpc) is 2.73. The number of sulfonamides is 1. The molecule has 7 nitrogen and oxygen atoms in total. The summed E-state index contributed by atoms with van der Waals surface area (Å²) in [6, 6.07) is 21.5. The summed E-state index contributed by atoms with van der Waals surface area (Å²) < 4.78 is 36.0. The molecule has 0 aromatic heterocycles. The van der Waals surface area contributed by atoms with Crippen LogP contribution in [0.4, 0.5) is 5.69 Å². The van der Waals surface area contributed by atoms with Crippen LogP contribution in [0.15, 0.2) is 78.9 Å². The third kappa shape index (κ3) is 6.16. The molecular weight excluding hydrogens is 418 g/mol. The van der Waals surface area contributed by atoms with Crippen LogP contribution in [-0.4, -0.2) is 32.5 Å². The number of rotatable bonds is 8. The number of ether oxygens (including phenoxy) is 2. The Balaban J connectivity index is 1.70. The van der Waals surface area contributed by atoms with Gasteiger partial charge in [-0.1, -0.05) is 30.3 Å².